The largest absolute Gasteiger partial charge is 0.493 e. The van der Waals surface area contributed by atoms with Crippen molar-refractivity contribution in [1.29, 1.82) is 0 Å². The highest BCUT2D eigenvalue weighted by atomic mass is 35.5. The van der Waals surface area contributed by atoms with E-state index in [1.807, 2.05) is 30.5 Å². The molecule has 1 aromatic heterocycles. The zero-order chi connectivity index (χ0) is 27.3. The van der Waals surface area contributed by atoms with Gasteiger partial charge in [0.1, 0.15) is 11.2 Å². The summed E-state index contributed by atoms with van der Waals surface area (Å²) in [4.78, 5) is 33.2. The highest BCUT2D eigenvalue weighted by Crippen LogP contribution is 2.39. The molecule has 0 bridgehead atoms. The van der Waals surface area contributed by atoms with Crippen LogP contribution in [0.15, 0.2) is 67.0 Å². The summed E-state index contributed by atoms with van der Waals surface area (Å²) in [5.74, 6) is 0.220. The lowest BCUT2D eigenvalue weighted by Crippen LogP contribution is -2.46. The van der Waals surface area contributed by atoms with Crippen LogP contribution in [0.3, 0.4) is 0 Å². The smallest absolute Gasteiger partial charge is 0.241 e. The van der Waals surface area contributed by atoms with E-state index in [4.69, 9.17) is 4.74 Å². The molecule has 1 atom stereocenters. The normalized spacial score (nSPS) is 14.9. The van der Waals surface area contributed by atoms with Crippen LogP contribution in [0.1, 0.15) is 37.0 Å². The van der Waals surface area contributed by atoms with Gasteiger partial charge in [-0.15, -0.1) is 24.8 Å². The fraction of sp³-hybridized carbons (Fsp3) is 0.387. The van der Waals surface area contributed by atoms with Crippen molar-refractivity contribution in [2.45, 2.75) is 46.1 Å². The minimum atomic E-state index is -1.13. The minimum absolute atomic E-state index is 0. The average molecular weight is 588 g/mol. The summed E-state index contributed by atoms with van der Waals surface area (Å²) in [5.41, 5.74) is 4.10. The van der Waals surface area contributed by atoms with E-state index >= 15 is 0 Å². The summed E-state index contributed by atoms with van der Waals surface area (Å²) in [7, 11) is 3.42. The predicted molar refractivity (Wildman–Crippen MR) is 166 cm³/mol. The third-order valence-corrected chi connectivity index (χ3v) is 7.30. The molecular formula is C31H40Cl2N4O3. The topological polar surface area (TPSA) is 74.8 Å². The van der Waals surface area contributed by atoms with Gasteiger partial charge < -0.3 is 19.9 Å². The zero-order valence-electron chi connectivity index (χ0n) is 23.8. The summed E-state index contributed by atoms with van der Waals surface area (Å²) >= 11 is 0. The quantitative estimate of drug-likeness (QED) is 0.254. The summed E-state index contributed by atoms with van der Waals surface area (Å²) in [6.07, 6.45) is 6.40. The van der Waals surface area contributed by atoms with Crippen LogP contribution < -0.4 is 19.9 Å². The molecule has 9 heteroatoms. The van der Waals surface area contributed by atoms with Crippen LogP contribution in [-0.2, 0) is 22.4 Å². The van der Waals surface area contributed by atoms with E-state index in [9.17, 15) is 9.59 Å². The van der Waals surface area contributed by atoms with E-state index in [0.717, 1.165) is 25.8 Å². The molecule has 4 rings (SSSR count). The third-order valence-electron chi connectivity index (χ3n) is 7.30. The number of nitrogens with one attached hydrogen (secondary N) is 1. The number of ether oxygens (including phenoxy) is 1. The van der Waals surface area contributed by atoms with Gasteiger partial charge in [-0.3, -0.25) is 14.6 Å². The van der Waals surface area contributed by atoms with Crippen LogP contribution in [0.25, 0.3) is 0 Å². The maximum atomic E-state index is 13.0. The minimum Gasteiger partial charge on any atom is -0.493 e. The van der Waals surface area contributed by atoms with Gasteiger partial charge in [0.15, 0.2) is 0 Å². The van der Waals surface area contributed by atoms with Gasteiger partial charge in [0.25, 0.3) is 0 Å². The molecular weight excluding hydrogens is 547 g/mol. The SMILES string of the molecule is Cc1ccccc1CC(Cc1cccnc1)NCCCOc1ccc2c(c1)N(C)C(=O)C(C)(C)C(=O)N2C.Cl.Cl. The molecule has 1 N–H and O–H groups in total. The molecule has 0 fully saturated rings. The summed E-state index contributed by atoms with van der Waals surface area (Å²) < 4.78 is 6.06. The lowest BCUT2D eigenvalue weighted by molar-refractivity contribution is -0.137. The lowest BCUT2D eigenvalue weighted by Gasteiger charge is -2.25. The number of pyridine rings is 1. The van der Waals surface area contributed by atoms with Gasteiger partial charge in [0, 0.05) is 38.6 Å². The molecule has 7 nitrogen and oxygen atoms in total. The molecule has 1 aliphatic heterocycles. The molecule has 0 spiro atoms. The van der Waals surface area contributed by atoms with Gasteiger partial charge in [-0.05, 0) is 81.5 Å². The number of rotatable bonds is 10. The number of carbonyl (C=O) groups excluding carboxylic acids is 2. The number of aromatic nitrogens is 1. The van der Waals surface area contributed by atoms with Gasteiger partial charge in [0.05, 0.1) is 18.0 Å². The molecule has 216 valence electrons. The Balaban J connectivity index is 0.00000280. The van der Waals surface area contributed by atoms with Gasteiger partial charge in [-0.25, -0.2) is 0 Å². The van der Waals surface area contributed by atoms with Gasteiger partial charge in [-0.2, -0.15) is 0 Å². The number of hydrogen-bond acceptors (Lipinski definition) is 5. The number of amides is 2. The van der Waals surface area contributed by atoms with E-state index in [-0.39, 0.29) is 42.7 Å². The van der Waals surface area contributed by atoms with Crippen molar-refractivity contribution >= 4 is 48.0 Å². The standard InChI is InChI=1S/C31H38N4O3.2ClH/c1-22-10-6-7-12-24(22)19-25(18-23-11-8-15-32-21-23)33-16-9-17-38-26-13-14-27-28(20-26)35(5)30(37)31(2,3)29(36)34(27)4;;/h6-8,10-15,20-21,25,33H,9,16-19H2,1-5H3;2*1H. The van der Waals surface area contributed by atoms with Crippen LogP contribution >= 0.6 is 24.8 Å². The second-order valence-electron chi connectivity index (χ2n) is 10.6. The summed E-state index contributed by atoms with van der Waals surface area (Å²) in [6, 6.07) is 18.5. The molecule has 1 aliphatic rings. The van der Waals surface area contributed by atoms with Gasteiger partial charge >= 0.3 is 0 Å². The summed E-state index contributed by atoms with van der Waals surface area (Å²) in [6.45, 7) is 6.84. The van der Waals surface area contributed by atoms with E-state index in [1.54, 1.807) is 43.9 Å². The second kappa shape index (κ2) is 14.5. The number of benzene rings is 2. The molecule has 40 heavy (non-hydrogen) atoms. The molecule has 2 aromatic carbocycles. The molecule has 0 saturated carbocycles. The van der Waals surface area contributed by atoms with Gasteiger partial charge in [-0.1, -0.05) is 30.3 Å². The van der Waals surface area contributed by atoms with Crippen LogP contribution in [-0.4, -0.2) is 50.1 Å². The fourth-order valence-corrected chi connectivity index (χ4v) is 4.99. The first-order valence-corrected chi connectivity index (χ1v) is 13.2. The van der Waals surface area contributed by atoms with Crippen LogP contribution in [0, 0.1) is 12.3 Å². The first-order chi connectivity index (χ1) is 18.2. The Morgan fingerprint density at radius 1 is 0.925 bits per heavy atom. The Kier molecular flexibility index (Phi) is 12.0. The lowest BCUT2D eigenvalue weighted by atomic mass is 9.90. The number of nitrogens with zero attached hydrogens (tertiary/aromatic N) is 3. The Morgan fingerprint density at radius 2 is 1.62 bits per heavy atom. The molecule has 2 heterocycles. The van der Waals surface area contributed by atoms with Crippen molar-refractivity contribution in [2.75, 3.05) is 37.0 Å². The molecule has 2 amide bonds. The Labute approximate surface area is 250 Å². The van der Waals surface area contributed by atoms with E-state index in [2.05, 4.69) is 47.6 Å². The Hall–Kier alpha value is -3.13. The first-order valence-electron chi connectivity index (χ1n) is 13.2. The van der Waals surface area contributed by atoms with Gasteiger partial charge in [0.2, 0.25) is 11.8 Å². The van der Waals surface area contributed by atoms with Crippen LogP contribution in [0.5, 0.6) is 5.75 Å². The maximum absolute atomic E-state index is 13.0. The van der Waals surface area contributed by atoms with Crippen LogP contribution in [0.4, 0.5) is 11.4 Å². The number of aryl methyl sites for hydroxylation is 1. The highest BCUT2D eigenvalue weighted by Gasteiger charge is 2.44. The monoisotopic (exact) mass is 586 g/mol. The number of carbonyl (C=O) groups is 2. The van der Waals surface area contributed by atoms with Crippen molar-refractivity contribution in [3.05, 3.63) is 83.7 Å². The van der Waals surface area contributed by atoms with E-state index < -0.39 is 5.41 Å². The number of halogens is 2. The average Bonchev–Trinajstić information content (AvgIpc) is 2.96. The molecule has 0 radical (unpaired) electrons. The highest BCUT2D eigenvalue weighted by molar-refractivity contribution is 6.19. The first kappa shape index (κ1) is 33.1. The number of hydrogen-bond donors (Lipinski definition) is 1. The fourth-order valence-electron chi connectivity index (χ4n) is 4.99. The van der Waals surface area contributed by atoms with Crippen LogP contribution in [0.2, 0.25) is 0 Å². The zero-order valence-corrected chi connectivity index (χ0v) is 25.5. The molecule has 3 aromatic rings. The number of fused-ring (bicyclic) bond motifs is 1. The molecule has 0 aliphatic carbocycles. The number of anilines is 2. The van der Waals surface area contributed by atoms with Crippen molar-refractivity contribution in [3.8, 4) is 5.75 Å². The second-order valence-corrected chi connectivity index (χ2v) is 10.6. The molecule has 1 unspecified atom stereocenters. The Morgan fingerprint density at radius 3 is 2.30 bits per heavy atom. The summed E-state index contributed by atoms with van der Waals surface area (Å²) in [5, 5.41) is 3.72. The van der Waals surface area contributed by atoms with E-state index in [1.165, 1.54) is 16.7 Å². The van der Waals surface area contributed by atoms with E-state index in [0.29, 0.717) is 23.7 Å². The third kappa shape index (κ3) is 7.53. The Bertz CT molecular complexity index is 1290. The molecule has 0 saturated heterocycles. The maximum Gasteiger partial charge on any atom is 0.241 e. The van der Waals surface area contributed by atoms with Crippen molar-refractivity contribution < 1.29 is 14.3 Å². The van der Waals surface area contributed by atoms with Crippen molar-refractivity contribution in [3.63, 3.8) is 0 Å². The van der Waals surface area contributed by atoms with Crippen molar-refractivity contribution in [2.24, 2.45) is 5.41 Å². The predicted octanol–water partition coefficient (Wildman–Crippen LogP) is 5.41. The van der Waals surface area contributed by atoms with Crippen molar-refractivity contribution in [1.82, 2.24) is 10.3 Å².